The van der Waals surface area contributed by atoms with Crippen molar-refractivity contribution in [2.75, 3.05) is 0 Å². The van der Waals surface area contributed by atoms with Gasteiger partial charge in [0.15, 0.2) is 5.52 Å². The van der Waals surface area contributed by atoms with Crippen LogP contribution in [0.15, 0.2) is 42.9 Å². The molecule has 3 aromatic heterocycles. The summed E-state index contributed by atoms with van der Waals surface area (Å²) in [5.74, 6) is 0. The van der Waals surface area contributed by atoms with Crippen LogP contribution in [-0.2, 0) is 0 Å². The molecule has 0 aromatic carbocycles. The highest BCUT2D eigenvalue weighted by atomic mass is 127. The van der Waals surface area contributed by atoms with Crippen LogP contribution in [0.4, 0.5) is 0 Å². The molecule has 14 heavy (non-hydrogen) atoms. The van der Waals surface area contributed by atoms with Crippen molar-refractivity contribution in [1.82, 2.24) is 9.50 Å². The molecule has 0 aliphatic heterocycles. The van der Waals surface area contributed by atoms with Crippen molar-refractivity contribution in [3.63, 3.8) is 0 Å². The zero-order valence-electron chi connectivity index (χ0n) is 7.26. The van der Waals surface area contributed by atoms with Crippen LogP contribution in [0.5, 0.6) is 0 Å². The first-order valence-corrected chi connectivity index (χ1v) is 5.36. The number of halogens is 1. The monoisotopic (exact) mass is 296 g/mol. The largest absolute Gasteiger partial charge is 0.312 e. The minimum absolute atomic E-state index is 1.08. The lowest BCUT2D eigenvalue weighted by molar-refractivity contribution is -0.584. The quantitative estimate of drug-likeness (QED) is 0.457. The summed E-state index contributed by atoms with van der Waals surface area (Å²) in [5.41, 5.74) is 2.19. The molecule has 0 bridgehead atoms. The van der Waals surface area contributed by atoms with E-state index >= 15 is 0 Å². The number of rotatable bonds is 0. The molecule has 0 spiro atoms. The molecule has 3 heterocycles. The molecule has 0 aliphatic carbocycles. The Morgan fingerprint density at radius 1 is 1.29 bits per heavy atom. The molecule has 4 heteroatoms. The minimum atomic E-state index is 1.08. The highest BCUT2D eigenvalue weighted by Gasteiger charge is 2.07. The molecule has 0 fully saturated rings. The summed E-state index contributed by atoms with van der Waals surface area (Å²) in [5, 5.41) is 4.33. The third-order valence-corrected chi connectivity index (χ3v) is 2.85. The molecule has 0 atom stereocenters. The molecule has 68 valence electrons. The van der Waals surface area contributed by atoms with Crippen LogP contribution in [0, 0.1) is 3.57 Å². The van der Waals surface area contributed by atoms with E-state index in [9.17, 15) is 0 Å². The Balaban J connectivity index is 2.57. The Kier molecular flexibility index (Phi) is 1.70. The van der Waals surface area contributed by atoms with Gasteiger partial charge in [0.2, 0.25) is 0 Å². The van der Waals surface area contributed by atoms with Crippen LogP contribution in [-0.4, -0.2) is 9.50 Å². The van der Waals surface area contributed by atoms with E-state index in [-0.39, 0.29) is 0 Å². The Morgan fingerprint density at radius 2 is 2.21 bits per heavy atom. The van der Waals surface area contributed by atoms with Gasteiger partial charge in [-0.05, 0) is 40.8 Å². The Bertz CT molecular complexity index is 615. The zero-order valence-corrected chi connectivity index (χ0v) is 9.42. The van der Waals surface area contributed by atoms with Crippen molar-refractivity contribution in [1.29, 1.82) is 0 Å². The van der Waals surface area contributed by atoms with Crippen molar-refractivity contribution in [2.45, 2.75) is 0 Å². The normalized spacial score (nSPS) is 11.2. The number of hydrogen-bond donors (Lipinski definition) is 0. The van der Waals surface area contributed by atoms with Crippen LogP contribution < -0.4 is 4.52 Å². The third-order valence-electron chi connectivity index (χ3n) is 2.21. The molecule has 3 aromatic rings. The summed E-state index contributed by atoms with van der Waals surface area (Å²) in [4.78, 5) is 0. The van der Waals surface area contributed by atoms with Crippen molar-refractivity contribution < 1.29 is 4.52 Å². The number of hydrogen-bond acceptors (Lipinski definition) is 1. The van der Waals surface area contributed by atoms with Crippen LogP contribution >= 0.6 is 22.6 Å². The van der Waals surface area contributed by atoms with Gasteiger partial charge in [-0.2, -0.15) is 4.40 Å². The maximum absolute atomic E-state index is 4.33. The second-order valence-corrected chi connectivity index (χ2v) is 4.34. The summed E-state index contributed by atoms with van der Waals surface area (Å²) in [6.07, 6.45) is 5.91. The van der Waals surface area contributed by atoms with Crippen molar-refractivity contribution in [2.24, 2.45) is 0 Å². The average Bonchev–Trinajstić information content (AvgIpc) is 2.65. The van der Waals surface area contributed by atoms with E-state index in [2.05, 4.69) is 44.2 Å². The fourth-order valence-electron chi connectivity index (χ4n) is 1.57. The zero-order chi connectivity index (χ0) is 9.54. The maximum atomic E-state index is 4.33. The molecule has 0 unspecified atom stereocenters. The second-order valence-electron chi connectivity index (χ2n) is 3.10. The molecular weight excluding hydrogens is 289 g/mol. The molecule has 3 rings (SSSR count). The Hall–Kier alpha value is -1.17. The van der Waals surface area contributed by atoms with Gasteiger partial charge in [0.25, 0.3) is 0 Å². The predicted octanol–water partition coefficient (Wildman–Crippen LogP) is 1.68. The van der Waals surface area contributed by atoms with Gasteiger partial charge in [-0.15, -0.1) is 4.52 Å². The van der Waals surface area contributed by atoms with Gasteiger partial charge in [0, 0.05) is 6.07 Å². The lowest BCUT2D eigenvalue weighted by Gasteiger charge is -1.94. The van der Waals surface area contributed by atoms with Gasteiger partial charge in [-0.25, -0.2) is 0 Å². The predicted molar refractivity (Wildman–Crippen MR) is 61.1 cm³/mol. The molecule has 0 N–H and O–H groups in total. The van der Waals surface area contributed by atoms with Gasteiger partial charge < -0.3 is 0 Å². The summed E-state index contributed by atoms with van der Waals surface area (Å²) >= 11 is 2.28. The van der Waals surface area contributed by atoms with Crippen LogP contribution in [0.2, 0.25) is 0 Å². The van der Waals surface area contributed by atoms with Gasteiger partial charge in [-0.3, -0.25) is 0 Å². The lowest BCUT2D eigenvalue weighted by atomic mass is 10.4. The number of fused-ring (bicyclic) bond motifs is 3. The lowest BCUT2D eigenvalue weighted by Crippen LogP contribution is -2.28. The highest BCUT2D eigenvalue weighted by molar-refractivity contribution is 14.1. The molecule has 0 aliphatic rings. The minimum Gasteiger partial charge on any atom is -0.196 e. The average molecular weight is 296 g/mol. The van der Waals surface area contributed by atoms with Gasteiger partial charge in [-0.1, -0.05) is 5.10 Å². The van der Waals surface area contributed by atoms with Crippen molar-refractivity contribution in [3.8, 4) is 0 Å². The standard InChI is InChI=1S/C10H7IN3/c11-8-3-4-10-13-5-1-2-9(13)6-12-14(10)7-8/h1-7H/q+1. The topological polar surface area (TPSA) is 21.4 Å². The van der Waals surface area contributed by atoms with Gasteiger partial charge in [0.1, 0.15) is 12.4 Å². The summed E-state index contributed by atoms with van der Waals surface area (Å²) in [6, 6.07) is 8.22. The SMILES string of the molecule is Ic1ccc2n3cccc3cn[n+]2c1. The van der Waals surface area contributed by atoms with Crippen LogP contribution in [0.25, 0.3) is 11.2 Å². The van der Waals surface area contributed by atoms with Gasteiger partial charge >= 0.3 is 5.65 Å². The van der Waals surface area contributed by atoms with E-state index in [1.807, 2.05) is 35.2 Å². The molecule has 0 saturated carbocycles. The van der Waals surface area contributed by atoms with Crippen molar-refractivity contribution >= 4 is 33.8 Å². The first-order chi connectivity index (χ1) is 6.84. The Labute approximate surface area is 94.1 Å². The number of pyridine rings is 1. The van der Waals surface area contributed by atoms with Crippen LogP contribution in [0.1, 0.15) is 0 Å². The molecular formula is C10H7IN3+. The van der Waals surface area contributed by atoms with E-state index < -0.39 is 0 Å². The Morgan fingerprint density at radius 3 is 3.14 bits per heavy atom. The third kappa shape index (κ3) is 1.10. The van der Waals surface area contributed by atoms with Crippen molar-refractivity contribution in [3.05, 3.63) is 46.4 Å². The van der Waals surface area contributed by atoms with Crippen LogP contribution in [0.3, 0.4) is 0 Å². The summed E-state index contributed by atoms with van der Waals surface area (Å²) < 4.78 is 5.18. The maximum Gasteiger partial charge on any atom is 0.312 e. The molecule has 0 radical (unpaired) electrons. The number of aromatic nitrogens is 3. The molecule has 0 amide bonds. The fraction of sp³-hybridized carbons (Fsp3) is 0. The molecule has 0 saturated heterocycles. The van der Waals surface area contributed by atoms with E-state index in [1.54, 1.807) is 0 Å². The first kappa shape index (κ1) is 8.16. The van der Waals surface area contributed by atoms with Gasteiger partial charge in [0.05, 0.1) is 9.77 Å². The van der Waals surface area contributed by atoms with E-state index in [0.717, 1.165) is 11.2 Å². The fourth-order valence-corrected chi connectivity index (χ4v) is 2.01. The molecule has 3 nitrogen and oxygen atoms in total. The summed E-state index contributed by atoms with van der Waals surface area (Å²) in [7, 11) is 0. The smallest absolute Gasteiger partial charge is 0.196 e. The first-order valence-electron chi connectivity index (χ1n) is 4.28. The highest BCUT2D eigenvalue weighted by Crippen LogP contribution is 2.06. The van der Waals surface area contributed by atoms with E-state index in [1.165, 1.54) is 3.57 Å². The number of nitrogens with zero attached hydrogens (tertiary/aromatic N) is 3. The second kappa shape index (κ2) is 2.91. The van der Waals surface area contributed by atoms with E-state index in [4.69, 9.17) is 0 Å². The summed E-state index contributed by atoms with van der Waals surface area (Å²) in [6.45, 7) is 0. The van der Waals surface area contributed by atoms with E-state index in [0.29, 0.717) is 0 Å².